The summed E-state index contributed by atoms with van der Waals surface area (Å²) < 4.78 is 2.10. The zero-order valence-corrected chi connectivity index (χ0v) is 13.5. The summed E-state index contributed by atoms with van der Waals surface area (Å²) in [5, 5.41) is 8.26. The van der Waals surface area contributed by atoms with Crippen molar-refractivity contribution in [3.05, 3.63) is 18.0 Å². The zero-order valence-electron chi connectivity index (χ0n) is 12.7. The van der Waals surface area contributed by atoms with Gasteiger partial charge < -0.3 is 5.32 Å². The Bertz CT molecular complexity index is 360. The van der Waals surface area contributed by atoms with Crippen LogP contribution in [0.15, 0.2) is 12.3 Å². The Labute approximate surface area is 122 Å². The lowest BCUT2D eigenvalue weighted by Crippen LogP contribution is -2.41. The average Bonchev–Trinajstić information content (AvgIpc) is 2.87. The maximum absolute atomic E-state index is 5.87. The van der Waals surface area contributed by atoms with E-state index in [1.165, 1.54) is 0 Å². The number of rotatable bonds is 9. The molecular formula is C15H28ClN3. The highest BCUT2D eigenvalue weighted by Crippen LogP contribution is 2.17. The van der Waals surface area contributed by atoms with Crippen LogP contribution in [0.3, 0.4) is 0 Å². The Morgan fingerprint density at radius 3 is 2.58 bits per heavy atom. The largest absolute Gasteiger partial charge is 0.306 e. The zero-order chi connectivity index (χ0) is 14.3. The van der Waals surface area contributed by atoms with Crippen molar-refractivity contribution in [2.75, 3.05) is 5.88 Å². The maximum atomic E-state index is 5.87. The summed E-state index contributed by atoms with van der Waals surface area (Å²) in [4.78, 5) is 0. The molecule has 0 radical (unpaired) electrons. The molecule has 0 aliphatic heterocycles. The molecule has 1 aromatic heterocycles. The standard InChI is InChI=1S/C15H28ClN3/c1-5-14(6-2)19-11-8-13(18-19)12-17-15(4,7-3)9-10-16/h8,11,14,17H,5-7,9-10,12H2,1-4H3. The molecule has 0 spiro atoms. The molecule has 1 atom stereocenters. The molecule has 1 rings (SSSR count). The number of halogens is 1. The highest BCUT2D eigenvalue weighted by Gasteiger charge is 2.20. The third kappa shape index (κ3) is 4.81. The molecule has 0 aliphatic rings. The molecule has 3 nitrogen and oxygen atoms in total. The molecule has 1 heterocycles. The summed E-state index contributed by atoms with van der Waals surface area (Å²) in [6, 6.07) is 2.64. The molecule has 0 amide bonds. The summed E-state index contributed by atoms with van der Waals surface area (Å²) in [5.41, 5.74) is 1.22. The summed E-state index contributed by atoms with van der Waals surface area (Å²) >= 11 is 5.87. The van der Waals surface area contributed by atoms with Gasteiger partial charge in [-0.3, -0.25) is 4.68 Å². The molecule has 1 aromatic rings. The first kappa shape index (κ1) is 16.5. The Kier molecular flexibility index (Phi) is 6.87. The molecule has 19 heavy (non-hydrogen) atoms. The summed E-state index contributed by atoms with van der Waals surface area (Å²) in [6.45, 7) is 9.66. The SMILES string of the molecule is CCC(CC)n1ccc(CNC(C)(CC)CCCl)n1. The lowest BCUT2D eigenvalue weighted by Gasteiger charge is -2.28. The van der Waals surface area contributed by atoms with Gasteiger partial charge in [-0.2, -0.15) is 5.10 Å². The van der Waals surface area contributed by atoms with E-state index in [0.717, 1.165) is 37.9 Å². The van der Waals surface area contributed by atoms with Crippen LogP contribution in [0.2, 0.25) is 0 Å². The van der Waals surface area contributed by atoms with E-state index < -0.39 is 0 Å². The van der Waals surface area contributed by atoms with Crippen LogP contribution >= 0.6 is 11.6 Å². The van der Waals surface area contributed by atoms with E-state index in [1.54, 1.807) is 0 Å². The number of nitrogens with zero attached hydrogens (tertiary/aromatic N) is 2. The van der Waals surface area contributed by atoms with E-state index in [4.69, 9.17) is 11.6 Å². The average molecular weight is 286 g/mol. The van der Waals surface area contributed by atoms with Gasteiger partial charge in [0.2, 0.25) is 0 Å². The van der Waals surface area contributed by atoms with E-state index in [-0.39, 0.29) is 5.54 Å². The quantitative estimate of drug-likeness (QED) is 0.691. The molecule has 0 bridgehead atoms. The van der Waals surface area contributed by atoms with Crippen molar-refractivity contribution in [1.29, 1.82) is 0 Å². The summed E-state index contributed by atoms with van der Waals surface area (Å²) in [6.07, 6.45) is 6.42. The molecule has 0 fully saturated rings. The van der Waals surface area contributed by atoms with Gasteiger partial charge in [0, 0.05) is 24.2 Å². The molecule has 0 saturated heterocycles. The van der Waals surface area contributed by atoms with Crippen molar-refractivity contribution >= 4 is 11.6 Å². The minimum Gasteiger partial charge on any atom is -0.306 e. The van der Waals surface area contributed by atoms with Gasteiger partial charge in [0.05, 0.1) is 11.7 Å². The third-order valence-electron chi connectivity index (χ3n) is 4.10. The van der Waals surface area contributed by atoms with E-state index in [9.17, 15) is 0 Å². The lowest BCUT2D eigenvalue weighted by molar-refractivity contribution is 0.327. The van der Waals surface area contributed by atoms with Crippen LogP contribution in [0.4, 0.5) is 0 Å². The summed E-state index contributed by atoms with van der Waals surface area (Å²) in [5.74, 6) is 0.694. The fourth-order valence-electron chi connectivity index (χ4n) is 2.24. The first-order valence-electron chi connectivity index (χ1n) is 7.43. The third-order valence-corrected chi connectivity index (χ3v) is 4.29. The first-order chi connectivity index (χ1) is 9.08. The van der Waals surface area contributed by atoms with E-state index in [0.29, 0.717) is 11.9 Å². The highest BCUT2D eigenvalue weighted by molar-refractivity contribution is 6.17. The van der Waals surface area contributed by atoms with Crippen LogP contribution < -0.4 is 5.32 Å². The Hall–Kier alpha value is -0.540. The normalized spacial score (nSPS) is 14.8. The molecule has 0 saturated carbocycles. The second kappa shape index (κ2) is 7.91. The van der Waals surface area contributed by atoms with Crippen molar-refractivity contribution in [3.8, 4) is 0 Å². The molecule has 0 aromatic carbocycles. The van der Waals surface area contributed by atoms with Crippen molar-refractivity contribution < 1.29 is 0 Å². The molecule has 110 valence electrons. The van der Waals surface area contributed by atoms with Crippen molar-refractivity contribution in [3.63, 3.8) is 0 Å². The second-order valence-corrected chi connectivity index (χ2v) is 5.84. The van der Waals surface area contributed by atoms with E-state index in [2.05, 4.69) is 55.1 Å². The maximum Gasteiger partial charge on any atom is 0.0762 e. The van der Waals surface area contributed by atoms with E-state index >= 15 is 0 Å². The fourth-order valence-corrected chi connectivity index (χ4v) is 2.66. The summed E-state index contributed by atoms with van der Waals surface area (Å²) in [7, 11) is 0. The van der Waals surface area contributed by atoms with Gasteiger partial charge in [-0.05, 0) is 38.7 Å². The van der Waals surface area contributed by atoms with Crippen molar-refractivity contribution in [2.24, 2.45) is 0 Å². The van der Waals surface area contributed by atoms with Crippen molar-refractivity contribution in [2.45, 2.75) is 71.5 Å². The number of hydrogen-bond acceptors (Lipinski definition) is 2. The van der Waals surface area contributed by atoms with Crippen LogP contribution in [0.5, 0.6) is 0 Å². The second-order valence-electron chi connectivity index (χ2n) is 5.46. The number of aromatic nitrogens is 2. The number of alkyl halides is 1. The predicted octanol–water partition coefficient (Wildman–Crippen LogP) is 4.13. The fraction of sp³-hybridized carbons (Fsp3) is 0.800. The van der Waals surface area contributed by atoms with E-state index in [1.807, 2.05) is 0 Å². The van der Waals surface area contributed by atoms with Gasteiger partial charge in [0.15, 0.2) is 0 Å². The van der Waals surface area contributed by atoms with Crippen LogP contribution in [0.25, 0.3) is 0 Å². The monoisotopic (exact) mass is 285 g/mol. The van der Waals surface area contributed by atoms with Crippen LogP contribution in [-0.4, -0.2) is 21.2 Å². The molecule has 0 aliphatic carbocycles. The van der Waals surface area contributed by atoms with Crippen LogP contribution in [0.1, 0.15) is 65.1 Å². The predicted molar refractivity (Wildman–Crippen MR) is 82.7 cm³/mol. The molecule has 1 unspecified atom stereocenters. The van der Waals surface area contributed by atoms with Crippen LogP contribution in [-0.2, 0) is 6.54 Å². The highest BCUT2D eigenvalue weighted by atomic mass is 35.5. The number of nitrogens with one attached hydrogen (secondary N) is 1. The van der Waals surface area contributed by atoms with Crippen molar-refractivity contribution in [1.82, 2.24) is 15.1 Å². The minimum absolute atomic E-state index is 0.112. The minimum atomic E-state index is 0.112. The molecular weight excluding hydrogens is 258 g/mol. The Morgan fingerprint density at radius 1 is 1.37 bits per heavy atom. The number of hydrogen-bond donors (Lipinski definition) is 1. The first-order valence-corrected chi connectivity index (χ1v) is 7.97. The van der Waals surface area contributed by atoms with Gasteiger partial charge in [-0.25, -0.2) is 0 Å². The molecule has 1 N–H and O–H groups in total. The van der Waals surface area contributed by atoms with Gasteiger partial charge in [-0.1, -0.05) is 20.8 Å². The molecule has 4 heteroatoms. The van der Waals surface area contributed by atoms with Gasteiger partial charge in [0.25, 0.3) is 0 Å². The lowest BCUT2D eigenvalue weighted by atomic mass is 9.95. The Balaban J connectivity index is 2.58. The van der Waals surface area contributed by atoms with Gasteiger partial charge >= 0.3 is 0 Å². The van der Waals surface area contributed by atoms with Gasteiger partial charge in [0.1, 0.15) is 0 Å². The van der Waals surface area contributed by atoms with Gasteiger partial charge in [-0.15, -0.1) is 11.6 Å². The Morgan fingerprint density at radius 2 is 2.05 bits per heavy atom. The van der Waals surface area contributed by atoms with Crippen LogP contribution in [0, 0.1) is 0 Å². The topological polar surface area (TPSA) is 29.9 Å². The smallest absolute Gasteiger partial charge is 0.0762 e.